The van der Waals surface area contributed by atoms with Gasteiger partial charge in [0.1, 0.15) is 4.90 Å². The SMILES string of the molecule is CCn1cc(S(=O)(=O)NN(C)C)cc1CNC. The Hall–Kier alpha value is -0.890. The van der Waals surface area contributed by atoms with Gasteiger partial charge < -0.3 is 9.88 Å². The summed E-state index contributed by atoms with van der Waals surface area (Å²) in [5, 5.41) is 4.43. The highest BCUT2D eigenvalue weighted by molar-refractivity contribution is 7.89. The third-order valence-electron chi connectivity index (χ3n) is 2.27. The Kier molecular flexibility index (Phi) is 4.70. The molecule has 0 aromatic carbocycles. The maximum absolute atomic E-state index is 11.9. The fourth-order valence-electron chi connectivity index (χ4n) is 1.59. The largest absolute Gasteiger partial charge is 0.349 e. The van der Waals surface area contributed by atoms with E-state index in [9.17, 15) is 8.42 Å². The predicted octanol–water partition coefficient (Wildman–Crippen LogP) is -0.0177. The van der Waals surface area contributed by atoms with Gasteiger partial charge in [0, 0.05) is 39.1 Å². The molecule has 0 aliphatic carbocycles. The van der Waals surface area contributed by atoms with Gasteiger partial charge in [-0.3, -0.25) is 0 Å². The number of hydrazine groups is 1. The number of aryl methyl sites for hydroxylation is 1. The molecule has 0 amide bonds. The summed E-state index contributed by atoms with van der Waals surface area (Å²) in [6.07, 6.45) is 1.65. The van der Waals surface area contributed by atoms with E-state index in [1.54, 1.807) is 26.4 Å². The molecular formula is C10H20N4O2S. The van der Waals surface area contributed by atoms with Gasteiger partial charge in [-0.05, 0) is 20.0 Å². The van der Waals surface area contributed by atoms with Gasteiger partial charge >= 0.3 is 0 Å². The van der Waals surface area contributed by atoms with E-state index in [-0.39, 0.29) is 0 Å². The Morgan fingerprint density at radius 2 is 2.06 bits per heavy atom. The van der Waals surface area contributed by atoms with Crippen LogP contribution in [0.2, 0.25) is 0 Å². The van der Waals surface area contributed by atoms with Crippen LogP contribution in [0.25, 0.3) is 0 Å². The van der Waals surface area contributed by atoms with Crippen LogP contribution in [-0.2, 0) is 23.1 Å². The van der Waals surface area contributed by atoms with Crippen molar-refractivity contribution in [3.8, 4) is 0 Å². The molecule has 98 valence electrons. The van der Waals surface area contributed by atoms with Crippen molar-refractivity contribution in [2.75, 3.05) is 21.1 Å². The molecule has 0 fully saturated rings. The highest BCUT2D eigenvalue weighted by atomic mass is 32.2. The minimum atomic E-state index is -3.46. The zero-order chi connectivity index (χ0) is 13.1. The monoisotopic (exact) mass is 260 g/mol. The number of nitrogens with one attached hydrogen (secondary N) is 2. The summed E-state index contributed by atoms with van der Waals surface area (Å²) >= 11 is 0. The first-order chi connectivity index (χ1) is 7.90. The van der Waals surface area contributed by atoms with E-state index in [4.69, 9.17) is 0 Å². The number of hydrogen-bond acceptors (Lipinski definition) is 4. The lowest BCUT2D eigenvalue weighted by molar-refractivity contribution is 0.364. The third kappa shape index (κ3) is 3.53. The normalized spacial score (nSPS) is 12.3. The van der Waals surface area contributed by atoms with E-state index in [0.717, 1.165) is 12.2 Å². The van der Waals surface area contributed by atoms with Crippen LogP contribution in [0.15, 0.2) is 17.2 Å². The molecule has 1 rings (SSSR count). The highest BCUT2D eigenvalue weighted by Crippen LogP contribution is 2.14. The Morgan fingerprint density at radius 3 is 2.53 bits per heavy atom. The van der Waals surface area contributed by atoms with Crippen LogP contribution in [0.1, 0.15) is 12.6 Å². The summed E-state index contributed by atoms with van der Waals surface area (Å²) in [4.78, 5) is 2.70. The van der Waals surface area contributed by atoms with E-state index in [1.807, 2.05) is 18.5 Å². The summed E-state index contributed by atoms with van der Waals surface area (Å²) in [5.74, 6) is 0. The first-order valence-electron chi connectivity index (χ1n) is 5.44. The van der Waals surface area contributed by atoms with Gasteiger partial charge in [-0.15, -0.1) is 4.83 Å². The molecule has 1 aromatic rings. The lowest BCUT2D eigenvalue weighted by Gasteiger charge is -2.10. The molecule has 2 N–H and O–H groups in total. The molecule has 7 heteroatoms. The minimum Gasteiger partial charge on any atom is -0.349 e. The first kappa shape index (κ1) is 14.2. The van der Waals surface area contributed by atoms with Crippen molar-refractivity contribution in [1.82, 2.24) is 19.7 Å². The summed E-state index contributed by atoms with van der Waals surface area (Å²) in [7, 11) is 1.65. The van der Waals surface area contributed by atoms with Crippen molar-refractivity contribution < 1.29 is 8.42 Å². The van der Waals surface area contributed by atoms with Gasteiger partial charge in [0.05, 0.1) is 0 Å². The average Bonchev–Trinajstić information content (AvgIpc) is 2.60. The third-order valence-corrected chi connectivity index (χ3v) is 3.72. The van der Waals surface area contributed by atoms with Crippen LogP contribution in [-0.4, -0.2) is 39.1 Å². The lowest BCUT2D eigenvalue weighted by Crippen LogP contribution is -2.35. The smallest absolute Gasteiger partial charge is 0.254 e. The summed E-state index contributed by atoms with van der Waals surface area (Å²) in [6.45, 7) is 3.37. The average molecular weight is 260 g/mol. The van der Waals surface area contributed by atoms with Crippen LogP contribution in [0.4, 0.5) is 0 Å². The zero-order valence-corrected chi connectivity index (χ0v) is 11.5. The van der Waals surface area contributed by atoms with Gasteiger partial charge in [-0.2, -0.15) is 0 Å². The second-order valence-electron chi connectivity index (χ2n) is 3.97. The molecular weight excluding hydrogens is 240 g/mol. The fraction of sp³-hybridized carbons (Fsp3) is 0.600. The van der Waals surface area contributed by atoms with Gasteiger partial charge in [-0.25, -0.2) is 13.4 Å². The number of hydrogen-bond donors (Lipinski definition) is 2. The second-order valence-corrected chi connectivity index (χ2v) is 5.63. The van der Waals surface area contributed by atoms with Crippen molar-refractivity contribution in [2.45, 2.75) is 24.9 Å². The van der Waals surface area contributed by atoms with Crippen molar-refractivity contribution in [1.29, 1.82) is 0 Å². The number of nitrogens with zero attached hydrogens (tertiary/aromatic N) is 2. The molecule has 0 radical (unpaired) electrons. The summed E-state index contributed by atoms with van der Waals surface area (Å²) in [6, 6.07) is 1.69. The van der Waals surface area contributed by atoms with Gasteiger partial charge in [0.15, 0.2) is 0 Å². The van der Waals surface area contributed by atoms with Crippen molar-refractivity contribution in [3.63, 3.8) is 0 Å². The Morgan fingerprint density at radius 1 is 1.41 bits per heavy atom. The van der Waals surface area contributed by atoms with Crippen LogP contribution < -0.4 is 10.1 Å². The number of sulfonamides is 1. The molecule has 0 aliphatic rings. The summed E-state index contributed by atoms with van der Waals surface area (Å²) in [5.41, 5.74) is 0.953. The van der Waals surface area contributed by atoms with Crippen molar-refractivity contribution >= 4 is 10.0 Å². The predicted molar refractivity (Wildman–Crippen MR) is 66.9 cm³/mol. The standard InChI is InChI=1S/C10H20N4O2S/c1-5-14-8-10(6-9(14)7-11-2)17(15,16)12-13(3)4/h6,8,11-12H,5,7H2,1-4H3. The quantitative estimate of drug-likeness (QED) is 0.706. The van der Waals surface area contributed by atoms with E-state index < -0.39 is 10.0 Å². The van der Waals surface area contributed by atoms with Crippen LogP contribution in [0.3, 0.4) is 0 Å². The first-order valence-corrected chi connectivity index (χ1v) is 6.92. The Balaban J connectivity index is 3.07. The maximum atomic E-state index is 11.9. The fourth-order valence-corrected chi connectivity index (χ4v) is 2.73. The molecule has 6 nitrogen and oxygen atoms in total. The molecule has 0 atom stereocenters. The maximum Gasteiger partial charge on any atom is 0.254 e. The molecule has 0 saturated heterocycles. The zero-order valence-electron chi connectivity index (χ0n) is 10.7. The van der Waals surface area contributed by atoms with Crippen LogP contribution >= 0.6 is 0 Å². The van der Waals surface area contributed by atoms with Gasteiger partial charge in [0.2, 0.25) is 0 Å². The van der Waals surface area contributed by atoms with Crippen LogP contribution in [0, 0.1) is 0 Å². The Bertz CT molecular complexity index is 465. The molecule has 0 unspecified atom stereocenters. The van der Waals surface area contributed by atoms with Crippen molar-refractivity contribution in [2.24, 2.45) is 0 Å². The molecule has 0 bridgehead atoms. The minimum absolute atomic E-state index is 0.290. The van der Waals surface area contributed by atoms with E-state index >= 15 is 0 Å². The molecule has 0 aliphatic heterocycles. The van der Waals surface area contributed by atoms with E-state index in [1.165, 1.54) is 5.01 Å². The van der Waals surface area contributed by atoms with E-state index in [2.05, 4.69) is 10.1 Å². The molecule has 17 heavy (non-hydrogen) atoms. The molecule has 1 heterocycles. The summed E-state index contributed by atoms with van der Waals surface area (Å²) < 4.78 is 25.8. The van der Waals surface area contributed by atoms with Gasteiger partial charge in [0.25, 0.3) is 10.0 Å². The molecule has 1 aromatic heterocycles. The highest BCUT2D eigenvalue weighted by Gasteiger charge is 2.18. The van der Waals surface area contributed by atoms with Crippen LogP contribution in [0.5, 0.6) is 0 Å². The lowest BCUT2D eigenvalue weighted by atomic mass is 10.4. The topological polar surface area (TPSA) is 66.4 Å². The Labute approximate surface area is 103 Å². The van der Waals surface area contributed by atoms with Gasteiger partial charge in [-0.1, -0.05) is 0 Å². The van der Waals surface area contributed by atoms with Crippen molar-refractivity contribution in [3.05, 3.63) is 18.0 Å². The number of rotatable bonds is 6. The molecule has 0 saturated carbocycles. The van der Waals surface area contributed by atoms with E-state index in [0.29, 0.717) is 11.4 Å². The molecule has 0 spiro atoms. The second kappa shape index (κ2) is 5.63. The number of aromatic nitrogens is 1.